The van der Waals surface area contributed by atoms with Crippen LogP contribution in [0.3, 0.4) is 0 Å². The number of ether oxygens (including phenoxy) is 2. The van der Waals surface area contributed by atoms with Crippen LogP contribution in [-0.2, 0) is 9.47 Å². The van der Waals surface area contributed by atoms with Gasteiger partial charge in [-0.1, -0.05) is 5.57 Å². The summed E-state index contributed by atoms with van der Waals surface area (Å²) in [6, 6.07) is 0. The van der Waals surface area contributed by atoms with Gasteiger partial charge in [-0.15, -0.1) is 0 Å². The van der Waals surface area contributed by atoms with Crippen LogP contribution in [0.5, 0.6) is 0 Å². The summed E-state index contributed by atoms with van der Waals surface area (Å²) in [5.41, 5.74) is 0.679. The molecule has 1 aliphatic heterocycles. The summed E-state index contributed by atoms with van der Waals surface area (Å²) in [7, 11) is 1.85. The van der Waals surface area contributed by atoms with Crippen LogP contribution in [0.25, 0.3) is 0 Å². The number of amides is 1. The van der Waals surface area contributed by atoms with Crippen LogP contribution in [0.4, 0.5) is 4.79 Å². The Bertz CT molecular complexity index is 423. The van der Waals surface area contributed by atoms with Crippen LogP contribution < -0.4 is 5.32 Å². The lowest BCUT2D eigenvalue weighted by Crippen LogP contribution is -2.38. The Morgan fingerprint density at radius 1 is 1.48 bits per heavy atom. The number of hydrazone groups is 1. The molecule has 1 N–H and O–H groups in total. The number of alkyl carbamates (subject to hydrolysis) is 1. The number of nitrogens with one attached hydrogen (secondary N) is 1. The first-order chi connectivity index (χ1) is 10.7. The molecule has 1 atom stereocenters. The predicted molar refractivity (Wildman–Crippen MR) is 92.3 cm³/mol. The van der Waals surface area contributed by atoms with Gasteiger partial charge in [-0.3, -0.25) is 5.01 Å². The normalized spacial score (nSPS) is 18.2. The van der Waals surface area contributed by atoms with Crippen LogP contribution >= 0.6 is 0 Å². The van der Waals surface area contributed by atoms with Crippen molar-refractivity contribution in [3.05, 3.63) is 11.8 Å². The number of rotatable bonds is 6. The summed E-state index contributed by atoms with van der Waals surface area (Å²) in [4.78, 5) is 11.9. The fraction of sp³-hybridized carbons (Fsp3) is 0.765. The van der Waals surface area contributed by atoms with E-state index in [9.17, 15) is 4.79 Å². The Kier molecular flexibility index (Phi) is 7.55. The van der Waals surface area contributed by atoms with Crippen LogP contribution in [0.15, 0.2) is 16.9 Å². The van der Waals surface area contributed by atoms with Crippen molar-refractivity contribution in [2.75, 3.05) is 26.8 Å². The van der Waals surface area contributed by atoms with E-state index in [2.05, 4.69) is 24.1 Å². The molecule has 0 radical (unpaired) electrons. The van der Waals surface area contributed by atoms with Crippen molar-refractivity contribution in [1.82, 2.24) is 10.3 Å². The molecule has 0 aliphatic carbocycles. The van der Waals surface area contributed by atoms with Gasteiger partial charge in [0.15, 0.2) is 0 Å². The first-order valence-corrected chi connectivity index (χ1v) is 8.15. The van der Waals surface area contributed by atoms with E-state index in [-0.39, 0.29) is 12.0 Å². The Balaban J connectivity index is 2.73. The molecule has 0 aromatic carbocycles. The number of nitrogens with zero attached hydrogens (tertiary/aromatic N) is 2. The topological polar surface area (TPSA) is 63.2 Å². The number of carbonyl (C=O) groups is 1. The maximum Gasteiger partial charge on any atom is 0.407 e. The summed E-state index contributed by atoms with van der Waals surface area (Å²) < 4.78 is 10.8. The monoisotopic (exact) mass is 325 g/mol. The maximum atomic E-state index is 11.9. The summed E-state index contributed by atoms with van der Waals surface area (Å²) >= 11 is 0. The Labute approximate surface area is 139 Å². The van der Waals surface area contributed by atoms with Crippen LogP contribution in [0.1, 0.15) is 40.5 Å². The third kappa shape index (κ3) is 7.50. The molecule has 1 rings (SSSR count). The Morgan fingerprint density at radius 2 is 2.09 bits per heavy atom. The van der Waals surface area contributed by atoms with E-state index in [4.69, 9.17) is 9.47 Å². The Morgan fingerprint density at radius 3 is 2.61 bits per heavy atom. The lowest BCUT2D eigenvalue weighted by atomic mass is 9.81. The van der Waals surface area contributed by atoms with E-state index in [0.29, 0.717) is 12.5 Å². The largest absolute Gasteiger partial charge is 0.444 e. The average molecular weight is 325 g/mol. The van der Waals surface area contributed by atoms with Gasteiger partial charge < -0.3 is 14.8 Å². The molecule has 0 bridgehead atoms. The minimum Gasteiger partial charge on any atom is -0.444 e. The van der Waals surface area contributed by atoms with E-state index >= 15 is 0 Å². The molecule has 1 saturated heterocycles. The van der Waals surface area contributed by atoms with Crippen LogP contribution in [-0.4, -0.2) is 50.2 Å². The molecule has 0 aromatic heterocycles. The lowest BCUT2D eigenvalue weighted by Gasteiger charge is -2.32. The van der Waals surface area contributed by atoms with Gasteiger partial charge in [-0.05, 0) is 46.5 Å². The van der Waals surface area contributed by atoms with Crippen molar-refractivity contribution in [3.63, 3.8) is 0 Å². The van der Waals surface area contributed by atoms with Gasteiger partial charge in [0.05, 0.1) is 0 Å². The molecule has 1 amide bonds. The molecular weight excluding hydrogens is 294 g/mol. The second kappa shape index (κ2) is 8.91. The molecule has 0 saturated carbocycles. The molecule has 132 valence electrons. The number of hydrogen-bond acceptors (Lipinski definition) is 5. The smallest absolute Gasteiger partial charge is 0.407 e. The molecule has 0 aromatic rings. The summed E-state index contributed by atoms with van der Waals surface area (Å²) in [6.07, 6.45) is 3.58. The van der Waals surface area contributed by atoms with Crippen molar-refractivity contribution in [1.29, 1.82) is 0 Å². The van der Waals surface area contributed by atoms with Gasteiger partial charge in [0.2, 0.25) is 0 Å². The van der Waals surface area contributed by atoms with E-state index in [1.165, 1.54) is 5.57 Å². The fourth-order valence-electron chi connectivity index (χ4n) is 2.76. The third-order valence-corrected chi connectivity index (χ3v) is 3.90. The quantitative estimate of drug-likeness (QED) is 0.602. The van der Waals surface area contributed by atoms with Gasteiger partial charge in [0, 0.05) is 45.6 Å². The van der Waals surface area contributed by atoms with E-state index in [1.807, 2.05) is 34.0 Å². The highest BCUT2D eigenvalue weighted by Crippen LogP contribution is 2.29. The molecular formula is C17H31N3O3. The van der Waals surface area contributed by atoms with Gasteiger partial charge in [-0.2, -0.15) is 5.10 Å². The van der Waals surface area contributed by atoms with Gasteiger partial charge >= 0.3 is 6.09 Å². The highest BCUT2D eigenvalue weighted by Gasteiger charge is 2.27. The van der Waals surface area contributed by atoms with E-state index in [1.54, 1.807) is 5.01 Å². The van der Waals surface area contributed by atoms with Crippen molar-refractivity contribution < 1.29 is 14.3 Å². The molecule has 0 spiro atoms. The van der Waals surface area contributed by atoms with Crippen molar-refractivity contribution in [3.8, 4) is 0 Å². The summed E-state index contributed by atoms with van der Waals surface area (Å²) in [6.45, 7) is 13.3. The fourth-order valence-corrected chi connectivity index (χ4v) is 2.76. The zero-order valence-corrected chi connectivity index (χ0v) is 15.1. The molecule has 23 heavy (non-hydrogen) atoms. The molecule has 1 unspecified atom stereocenters. The first-order valence-electron chi connectivity index (χ1n) is 8.15. The predicted octanol–water partition coefficient (Wildman–Crippen LogP) is 3.01. The molecule has 1 aliphatic rings. The van der Waals surface area contributed by atoms with Gasteiger partial charge in [-0.25, -0.2) is 4.79 Å². The molecule has 1 heterocycles. The van der Waals surface area contributed by atoms with Crippen molar-refractivity contribution in [2.24, 2.45) is 16.9 Å². The standard InChI is InChI=1S/C17H31N3O3/c1-13(12-20(6)18-5)15(14-7-9-22-10-8-14)11-19-16(21)23-17(2,3)4/h12,14-15H,5,7-11H2,1-4,6H3,(H,19,21)/b13-12+. The van der Waals surface area contributed by atoms with Crippen LogP contribution in [0.2, 0.25) is 0 Å². The van der Waals surface area contributed by atoms with Crippen molar-refractivity contribution in [2.45, 2.75) is 46.1 Å². The Hall–Kier alpha value is -1.56. The molecule has 6 nitrogen and oxygen atoms in total. The maximum absolute atomic E-state index is 11.9. The summed E-state index contributed by atoms with van der Waals surface area (Å²) in [5, 5.41) is 8.46. The minimum absolute atomic E-state index is 0.232. The summed E-state index contributed by atoms with van der Waals surface area (Å²) in [5.74, 6) is 0.712. The van der Waals surface area contributed by atoms with E-state index in [0.717, 1.165) is 26.1 Å². The molecule has 1 fully saturated rings. The number of carbonyl (C=O) groups excluding carboxylic acids is 1. The second-order valence-electron chi connectivity index (χ2n) is 7.03. The zero-order valence-electron chi connectivity index (χ0n) is 15.1. The lowest BCUT2D eigenvalue weighted by molar-refractivity contribution is 0.0437. The van der Waals surface area contributed by atoms with E-state index < -0.39 is 5.60 Å². The SMILES string of the molecule is C=NN(C)/C=C(\C)C(CNC(=O)OC(C)(C)C)C1CCOCC1. The average Bonchev–Trinajstić information content (AvgIpc) is 2.46. The second-order valence-corrected chi connectivity index (χ2v) is 7.03. The minimum atomic E-state index is -0.490. The zero-order chi connectivity index (χ0) is 17.5. The molecule has 6 heteroatoms. The first kappa shape index (κ1) is 19.5. The highest BCUT2D eigenvalue weighted by molar-refractivity contribution is 5.67. The highest BCUT2D eigenvalue weighted by atomic mass is 16.6. The van der Waals surface area contributed by atoms with Gasteiger partial charge in [0.25, 0.3) is 0 Å². The van der Waals surface area contributed by atoms with Crippen LogP contribution in [0, 0.1) is 11.8 Å². The number of hydrogen-bond donors (Lipinski definition) is 1. The van der Waals surface area contributed by atoms with Gasteiger partial charge in [0.1, 0.15) is 5.60 Å². The van der Waals surface area contributed by atoms with Crippen molar-refractivity contribution >= 4 is 12.8 Å². The third-order valence-electron chi connectivity index (χ3n) is 3.90.